The third-order valence-electron chi connectivity index (χ3n) is 2.11. The number of hydrogen-bond donors (Lipinski definition) is 2. The van der Waals surface area contributed by atoms with Gasteiger partial charge in [-0.25, -0.2) is 4.79 Å². The molecule has 1 aliphatic rings. The third kappa shape index (κ3) is 3.65. The Bertz CT molecular complexity index is 232. The molecule has 0 aromatic rings. The summed E-state index contributed by atoms with van der Waals surface area (Å²) in [5.74, 6) is -0.615. The monoisotopic (exact) mass is 218 g/mol. The topological polar surface area (TPSA) is 82.8 Å². The van der Waals surface area contributed by atoms with Crippen molar-refractivity contribution in [3.63, 3.8) is 0 Å². The zero-order chi connectivity index (χ0) is 11.5. The van der Waals surface area contributed by atoms with Gasteiger partial charge in [-0.2, -0.15) is 0 Å². The Balaban J connectivity index is 2.38. The van der Waals surface area contributed by atoms with E-state index in [1.54, 1.807) is 0 Å². The fourth-order valence-electron chi connectivity index (χ4n) is 1.08. The number of alkyl carbamates (subject to hydrolysis) is 1. The molecule has 0 unspecified atom stereocenters. The predicted molar refractivity (Wildman–Crippen MR) is 53.3 cm³/mol. The van der Waals surface area contributed by atoms with Crippen molar-refractivity contribution in [2.45, 2.75) is 25.2 Å². The van der Waals surface area contributed by atoms with Crippen molar-refractivity contribution in [1.29, 1.82) is 0 Å². The molecule has 0 atom stereocenters. The van der Waals surface area contributed by atoms with Crippen LogP contribution in [0.4, 0.5) is 4.79 Å². The maximum absolute atomic E-state index is 10.9. The first-order chi connectivity index (χ1) is 6.87. The highest BCUT2D eigenvalue weighted by molar-refractivity contribution is 5.66. The summed E-state index contributed by atoms with van der Waals surface area (Å²) >= 11 is 0. The molecule has 1 amide bonds. The van der Waals surface area contributed by atoms with Gasteiger partial charge in [0, 0.05) is 7.05 Å². The van der Waals surface area contributed by atoms with E-state index in [9.17, 15) is 4.79 Å². The highest BCUT2D eigenvalue weighted by atomic mass is 16.7. The molecular weight excluding hydrogens is 200 g/mol. The van der Waals surface area contributed by atoms with Gasteiger partial charge in [0.05, 0.1) is 18.8 Å². The van der Waals surface area contributed by atoms with E-state index in [0.29, 0.717) is 13.2 Å². The van der Waals surface area contributed by atoms with Gasteiger partial charge in [0.2, 0.25) is 0 Å². The minimum absolute atomic E-state index is 0.0722. The van der Waals surface area contributed by atoms with Gasteiger partial charge in [0.1, 0.15) is 6.61 Å². The second-order valence-electron chi connectivity index (χ2n) is 4.17. The zero-order valence-electron chi connectivity index (χ0n) is 9.33. The molecule has 0 aliphatic carbocycles. The van der Waals surface area contributed by atoms with Crippen molar-refractivity contribution in [3.05, 3.63) is 0 Å². The molecule has 0 aromatic carbocycles. The summed E-state index contributed by atoms with van der Waals surface area (Å²) in [6, 6.07) is 0. The van der Waals surface area contributed by atoms with E-state index in [0.717, 1.165) is 0 Å². The molecule has 0 bridgehead atoms. The van der Waals surface area contributed by atoms with Crippen molar-refractivity contribution in [2.24, 2.45) is 5.73 Å². The van der Waals surface area contributed by atoms with Crippen LogP contribution in [0.15, 0.2) is 0 Å². The number of hydrogen-bond acceptors (Lipinski definition) is 5. The van der Waals surface area contributed by atoms with Crippen molar-refractivity contribution in [3.8, 4) is 0 Å². The normalized spacial score (nSPS) is 23.2. The van der Waals surface area contributed by atoms with E-state index in [1.807, 2.05) is 13.8 Å². The van der Waals surface area contributed by atoms with Crippen LogP contribution < -0.4 is 11.1 Å². The molecule has 6 nitrogen and oxygen atoms in total. The molecule has 0 radical (unpaired) electrons. The molecule has 88 valence electrons. The van der Waals surface area contributed by atoms with Crippen LogP contribution in [0.5, 0.6) is 0 Å². The van der Waals surface area contributed by atoms with Crippen LogP contribution in [0, 0.1) is 0 Å². The smallest absolute Gasteiger partial charge is 0.406 e. The summed E-state index contributed by atoms with van der Waals surface area (Å²) in [5, 5.41) is 2.34. The lowest BCUT2D eigenvalue weighted by molar-refractivity contribution is -0.269. The van der Waals surface area contributed by atoms with E-state index in [1.165, 1.54) is 7.05 Å². The molecule has 1 aliphatic heterocycles. The molecule has 1 heterocycles. The Labute approximate surface area is 89.0 Å². The van der Waals surface area contributed by atoms with E-state index in [2.05, 4.69) is 5.32 Å². The van der Waals surface area contributed by atoms with Gasteiger partial charge in [-0.05, 0) is 13.8 Å². The number of ether oxygens (including phenoxy) is 3. The Morgan fingerprint density at radius 1 is 1.47 bits per heavy atom. The van der Waals surface area contributed by atoms with Crippen LogP contribution in [0.1, 0.15) is 13.8 Å². The lowest BCUT2D eigenvalue weighted by Gasteiger charge is -2.40. The molecule has 0 saturated carbocycles. The van der Waals surface area contributed by atoms with Crippen LogP contribution in [-0.4, -0.2) is 44.3 Å². The van der Waals surface area contributed by atoms with E-state index < -0.39 is 17.4 Å². The average Bonchev–Trinajstić information content (AvgIpc) is 2.20. The third-order valence-corrected chi connectivity index (χ3v) is 2.11. The van der Waals surface area contributed by atoms with Gasteiger partial charge in [-0.15, -0.1) is 0 Å². The van der Waals surface area contributed by atoms with E-state index >= 15 is 0 Å². The summed E-state index contributed by atoms with van der Waals surface area (Å²) in [7, 11) is 1.49. The van der Waals surface area contributed by atoms with Crippen LogP contribution in [-0.2, 0) is 14.2 Å². The standard InChI is InChI=1S/C9H18N2O4/c1-8(2)14-5-9(10,6-15-8)4-13-7(12)11-3/h4-6,10H2,1-3H3,(H,11,12). The van der Waals surface area contributed by atoms with Gasteiger partial charge in [-0.3, -0.25) is 0 Å². The second kappa shape index (κ2) is 4.34. The number of carbonyl (C=O) groups excluding carboxylic acids is 1. The molecule has 15 heavy (non-hydrogen) atoms. The summed E-state index contributed by atoms with van der Waals surface area (Å²) < 4.78 is 15.6. The van der Waals surface area contributed by atoms with Gasteiger partial charge in [0.25, 0.3) is 0 Å². The maximum Gasteiger partial charge on any atom is 0.406 e. The minimum Gasteiger partial charge on any atom is -0.447 e. The first-order valence-electron chi connectivity index (χ1n) is 4.78. The minimum atomic E-state index is -0.762. The quantitative estimate of drug-likeness (QED) is 0.672. The summed E-state index contributed by atoms with van der Waals surface area (Å²) in [6.07, 6.45) is -0.510. The van der Waals surface area contributed by atoms with Crippen LogP contribution in [0.25, 0.3) is 0 Å². The Morgan fingerprint density at radius 2 is 2.00 bits per heavy atom. The number of amides is 1. The summed E-state index contributed by atoms with van der Waals surface area (Å²) in [6.45, 7) is 4.30. The number of nitrogens with two attached hydrogens (primary N) is 1. The highest BCUT2D eigenvalue weighted by Gasteiger charge is 2.38. The molecule has 0 aromatic heterocycles. The molecule has 1 saturated heterocycles. The van der Waals surface area contributed by atoms with Crippen molar-refractivity contribution in [1.82, 2.24) is 5.32 Å². The molecule has 6 heteroatoms. The highest BCUT2D eigenvalue weighted by Crippen LogP contribution is 2.21. The fourth-order valence-corrected chi connectivity index (χ4v) is 1.08. The lowest BCUT2D eigenvalue weighted by Crippen LogP contribution is -2.60. The van der Waals surface area contributed by atoms with Crippen LogP contribution in [0.3, 0.4) is 0 Å². The molecule has 0 spiro atoms. The number of rotatable bonds is 2. The van der Waals surface area contributed by atoms with E-state index in [4.69, 9.17) is 19.9 Å². The van der Waals surface area contributed by atoms with Gasteiger partial charge in [-0.1, -0.05) is 0 Å². The lowest BCUT2D eigenvalue weighted by atomic mass is 10.0. The Morgan fingerprint density at radius 3 is 2.47 bits per heavy atom. The average molecular weight is 218 g/mol. The van der Waals surface area contributed by atoms with Crippen molar-refractivity contribution < 1.29 is 19.0 Å². The SMILES string of the molecule is CNC(=O)OCC1(N)COC(C)(C)OC1. The number of carbonyl (C=O) groups is 1. The Hall–Kier alpha value is -0.850. The number of nitrogens with one attached hydrogen (secondary N) is 1. The summed E-state index contributed by atoms with van der Waals surface area (Å²) in [4.78, 5) is 10.9. The zero-order valence-corrected chi connectivity index (χ0v) is 9.33. The van der Waals surface area contributed by atoms with Crippen molar-refractivity contribution >= 4 is 6.09 Å². The molecule has 1 rings (SSSR count). The molecular formula is C9H18N2O4. The second-order valence-corrected chi connectivity index (χ2v) is 4.17. The van der Waals surface area contributed by atoms with Gasteiger partial charge in [0.15, 0.2) is 5.79 Å². The Kier molecular flexibility index (Phi) is 3.54. The largest absolute Gasteiger partial charge is 0.447 e. The predicted octanol–water partition coefficient (Wildman–Crippen LogP) is -0.177. The first-order valence-corrected chi connectivity index (χ1v) is 4.78. The fraction of sp³-hybridized carbons (Fsp3) is 0.889. The van der Waals surface area contributed by atoms with Crippen LogP contribution in [0.2, 0.25) is 0 Å². The van der Waals surface area contributed by atoms with Crippen LogP contribution >= 0.6 is 0 Å². The van der Waals surface area contributed by atoms with Crippen molar-refractivity contribution in [2.75, 3.05) is 26.9 Å². The summed E-state index contributed by atoms with van der Waals surface area (Å²) in [5.41, 5.74) is 5.17. The maximum atomic E-state index is 10.9. The molecule has 3 N–H and O–H groups in total. The molecule has 1 fully saturated rings. The van der Waals surface area contributed by atoms with E-state index in [-0.39, 0.29) is 6.61 Å². The van der Waals surface area contributed by atoms with Gasteiger partial charge >= 0.3 is 6.09 Å². The first kappa shape index (κ1) is 12.2. The van der Waals surface area contributed by atoms with Gasteiger partial charge < -0.3 is 25.3 Å².